The third-order valence-corrected chi connectivity index (χ3v) is 2.33. The molecule has 1 unspecified atom stereocenters. The standard InChI is InChI=1S/C10H15N3O2/c1-4-6(2)10(15)12-9-8(7(3)14)5-11-13-9/h5-6H,4H2,1-3H3,(H2,11,12,13,15). The number of anilines is 1. The predicted molar refractivity (Wildman–Crippen MR) is 56.7 cm³/mol. The molecule has 1 atom stereocenters. The van der Waals surface area contributed by atoms with Crippen molar-refractivity contribution in [1.82, 2.24) is 10.2 Å². The van der Waals surface area contributed by atoms with Crippen molar-refractivity contribution in [2.24, 2.45) is 5.92 Å². The van der Waals surface area contributed by atoms with E-state index in [4.69, 9.17) is 0 Å². The van der Waals surface area contributed by atoms with E-state index in [0.717, 1.165) is 6.42 Å². The summed E-state index contributed by atoms with van der Waals surface area (Å²) in [5.41, 5.74) is 0.409. The SMILES string of the molecule is CCC(C)C(=O)Nc1[nH]ncc1C(C)=O. The van der Waals surface area contributed by atoms with Gasteiger partial charge < -0.3 is 5.32 Å². The average Bonchev–Trinajstić information content (AvgIpc) is 2.64. The van der Waals surface area contributed by atoms with Crippen molar-refractivity contribution in [3.8, 4) is 0 Å². The van der Waals surface area contributed by atoms with Crippen molar-refractivity contribution in [2.45, 2.75) is 27.2 Å². The molecule has 5 nitrogen and oxygen atoms in total. The van der Waals surface area contributed by atoms with Crippen LogP contribution in [0.25, 0.3) is 0 Å². The van der Waals surface area contributed by atoms with Crippen LogP contribution in [0.3, 0.4) is 0 Å². The van der Waals surface area contributed by atoms with Crippen molar-refractivity contribution in [2.75, 3.05) is 5.32 Å². The number of carbonyl (C=O) groups excluding carboxylic acids is 2. The van der Waals surface area contributed by atoms with Gasteiger partial charge >= 0.3 is 0 Å². The number of hydrogen-bond donors (Lipinski definition) is 2. The van der Waals surface area contributed by atoms with Gasteiger partial charge in [-0.25, -0.2) is 0 Å². The molecule has 0 aliphatic carbocycles. The molecule has 1 amide bonds. The van der Waals surface area contributed by atoms with Gasteiger partial charge in [0, 0.05) is 5.92 Å². The molecule has 15 heavy (non-hydrogen) atoms. The Morgan fingerprint density at radius 2 is 2.27 bits per heavy atom. The maximum absolute atomic E-state index is 11.5. The number of hydrogen-bond acceptors (Lipinski definition) is 3. The van der Waals surface area contributed by atoms with E-state index in [2.05, 4.69) is 15.5 Å². The van der Waals surface area contributed by atoms with Crippen molar-refractivity contribution < 1.29 is 9.59 Å². The molecule has 0 fully saturated rings. The second-order valence-electron chi connectivity index (χ2n) is 3.51. The highest BCUT2D eigenvalue weighted by Crippen LogP contribution is 2.13. The largest absolute Gasteiger partial charge is 0.310 e. The van der Waals surface area contributed by atoms with Crippen LogP contribution in [0.5, 0.6) is 0 Å². The Morgan fingerprint density at radius 1 is 1.60 bits per heavy atom. The average molecular weight is 209 g/mol. The third-order valence-electron chi connectivity index (χ3n) is 2.33. The Balaban J connectivity index is 2.76. The van der Waals surface area contributed by atoms with E-state index in [-0.39, 0.29) is 17.6 Å². The first-order valence-corrected chi connectivity index (χ1v) is 4.91. The molecule has 0 saturated carbocycles. The summed E-state index contributed by atoms with van der Waals surface area (Å²) in [5, 5.41) is 8.96. The molecular formula is C10H15N3O2. The second kappa shape index (κ2) is 4.72. The summed E-state index contributed by atoms with van der Waals surface area (Å²) in [6.07, 6.45) is 2.17. The zero-order valence-electron chi connectivity index (χ0n) is 9.13. The molecular weight excluding hydrogens is 194 g/mol. The maximum Gasteiger partial charge on any atom is 0.228 e. The summed E-state index contributed by atoms with van der Waals surface area (Å²) >= 11 is 0. The van der Waals surface area contributed by atoms with Crippen LogP contribution in [0.15, 0.2) is 6.20 Å². The number of carbonyl (C=O) groups is 2. The van der Waals surface area contributed by atoms with E-state index in [9.17, 15) is 9.59 Å². The summed E-state index contributed by atoms with van der Waals surface area (Å²) < 4.78 is 0. The maximum atomic E-state index is 11.5. The van der Waals surface area contributed by atoms with Crippen LogP contribution in [0.1, 0.15) is 37.6 Å². The zero-order valence-corrected chi connectivity index (χ0v) is 9.13. The lowest BCUT2D eigenvalue weighted by Gasteiger charge is -2.08. The third kappa shape index (κ3) is 2.65. The normalized spacial score (nSPS) is 12.2. The van der Waals surface area contributed by atoms with Gasteiger partial charge in [-0.2, -0.15) is 5.10 Å². The fourth-order valence-electron chi connectivity index (χ4n) is 1.08. The number of Topliss-reactive ketones (excluding diaryl/α,β-unsaturated/α-hetero) is 1. The number of nitrogens with zero attached hydrogens (tertiary/aromatic N) is 1. The molecule has 0 radical (unpaired) electrons. The van der Waals surface area contributed by atoms with Gasteiger partial charge in [-0.05, 0) is 13.3 Å². The van der Waals surface area contributed by atoms with Crippen molar-refractivity contribution >= 4 is 17.5 Å². The van der Waals surface area contributed by atoms with Gasteiger partial charge in [0.15, 0.2) is 5.78 Å². The molecule has 5 heteroatoms. The van der Waals surface area contributed by atoms with E-state index in [0.29, 0.717) is 11.4 Å². The Labute approximate surface area is 88.3 Å². The molecule has 2 N–H and O–H groups in total. The van der Waals surface area contributed by atoms with Crippen molar-refractivity contribution in [1.29, 1.82) is 0 Å². The number of nitrogens with one attached hydrogen (secondary N) is 2. The Bertz CT molecular complexity index is 370. The quantitative estimate of drug-likeness (QED) is 0.739. The monoisotopic (exact) mass is 209 g/mol. The minimum atomic E-state index is -0.122. The molecule has 82 valence electrons. The molecule has 0 spiro atoms. The first kappa shape index (κ1) is 11.4. The Morgan fingerprint density at radius 3 is 2.80 bits per heavy atom. The van der Waals surface area contributed by atoms with E-state index >= 15 is 0 Å². The minimum absolute atomic E-state index is 0.0758. The number of H-pyrrole nitrogens is 1. The highest BCUT2D eigenvalue weighted by molar-refractivity contribution is 6.02. The molecule has 0 aliphatic heterocycles. The lowest BCUT2D eigenvalue weighted by Crippen LogP contribution is -2.20. The molecule has 0 bridgehead atoms. The second-order valence-corrected chi connectivity index (χ2v) is 3.51. The molecule has 1 aromatic rings. The summed E-state index contributed by atoms with van der Waals surface area (Å²) in [4.78, 5) is 22.7. The van der Waals surface area contributed by atoms with Crippen LogP contribution in [-0.4, -0.2) is 21.9 Å². The number of aromatic amines is 1. The smallest absolute Gasteiger partial charge is 0.228 e. The van der Waals surface area contributed by atoms with E-state index in [1.54, 1.807) is 0 Å². The highest BCUT2D eigenvalue weighted by Gasteiger charge is 2.15. The predicted octanol–water partition coefficient (Wildman–Crippen LogP) is 1.60. The number of aromatic nitrogens is 2. The van der Waals surface area contributed by atoms with Gasteiger partial charge in [0.1, 0.15) is 5.82 Å². The molecule has 1 heterocycles. The van der Waals surface area contributed by atoms with Crippen LogP contribution in [0.2, 0.25) is 0 Å². The number of rotatable bonds is 4. The van der Waals surface area contributed by atoms with Crippen LogP contribution in [-0.2, 0) is 4.79 Å². The molecule has 0 aromatic carbocycles. The van der Waals surface area contributed by atoms with E-state index in [1.807, 2.05) is 13.8 Å². The molecule has 0 aliphatic rings. The summed E-state index contributed by atoms with van der Waals surface area (Å²) in [5.74, 6) is 0.0772. The van der Waals surface area contributed by atoms with Gasteiger partial charge in [-0.1, -0.05) is 13.8 Å². The molecule has 1 aromatic heterocycles. The molecule has 0 saturated heterocycles. The fraction of sp³-hybridized carbons (Fsp3) is 0.500. The van der Waals surface area contributed by atoms with Crippen molar-refractivity contribution in [3.63, 3.8) is 0 Å². The van der Waals surface area contributed by atoms with E-state index in [1.165, 1.54) is 13.1 Å². The lowest BCUT2D eigenvalue weighted by molar-refractivity contribution is -0.119. The van der Waals surface area contributed by atoms with Gasteiger partial charge in [-0.15, -0.1) is 0 Å². The first-order chi connectivity index (χ1) is 7.06. The summed E-state index contributed by atoms with van der Waals surface area (Å²) in [6.45, 7) is 5.20. The fourth-order valence-corrected chi connectivity index (χ4v) is 1.08. The number of ketones is 1. The summed E-state index contributed by atoms with van der Waals surface area (Å²) in [6, 6.07) is 0. The first-order valence-electron chi connectivity index (χ1n) is 4.91. The van der Waals surface area contributed by atoms with Gasteiger partial charge in [-0.3, -0.25) is 14.7 Å². The lowest BCUT2D eigenvalue weighted by atomic mass is 10.1. The van der Waals surface area contributed by atoms with Gasteiger partial charge in [0.05, 0.1) is 11.8 Å². The zero-order chi connectivity index (χ0) is 11.4. The van der Waals surface area contributed by atoms with Crippen LogP contribution in [0, 0.1) is 5.92 Å². The Hall–Kier alpha value is -1.65. The highest BCUT2D eigenvalue weighted by atomic mass is 16.2. The molecule has 1 rings (SSSR count). The van der Waals surface area contributed by atoms with Gasteiger partial charge in [0.2, 0.25) is 5.91 Å². The number of amides is 1. The summed E-state index contributed by atoms with van der Waals surface area (Å²) in [7, 11) is 0. The van der Waals surface area contributed by atoms with Gasteiger partial charge in [0.25, 0.3) is 0 Å². The van der Waals surface area contributed by atoms with Crippen LogP contribution < -0.4 is 5.32 Å². The minimum Gasteiger partial charge on any atom is -0.310 e. The van der Waals surface area contributed by atoms with Crippen LogP contribution >= 0.6 is 0 Å². The Kier molecular flexibility index (Phi) is 3.60. The van der Waals surface area contributed by atoms with E-state index < -0.39 is 0 Å². The topological polar surface area (TPSA) is 74.8 Å². The van der Waals surface area contributed by atoms with Crippen LogP contribution in [0.4, 0.5) is 5.82 Å². The van der Waals surface area contributed by atoms with Crippen molar-refractivity contribution in [3.05, 3.63) is 11.8 Å².